The Balaban J connectivity index is 1.78. The summed E-state index contributed by atoms with van der Waals surface area (Å²) in [5.41, 5.74) is 0. The van der Waals surface area contributed by atoms with Gasteiger partial charge in [0.2, 0.25) is 0 Å². The molecule has 0 aromatic carbocycles. The van der Waals surface area contributed by atoms with Crippen molar-refractivity contribution in [2.75, 3.05) is 34.2 Å². The van der Waals surface area contributed by atoms with Crippen LogP contribution in [-0.2, 0) is 0 Å². The van der Waals surface area contributed by atoms with Crippen molar-refractivity contribution in [1.82, 2.24) is 15.1 Å². The van der Waals surface area contributed by atoms with Crippen LogP contribution in [0, 0.1) is 0 Å². The van der Waals surface area contributed by atoms with E-state index in [0.29, 0.717) is 0 Å². The molecule has 0 amide bonds. The predicted molar refractivity (Wildman–Crippen MR) is 73.4 cm³/mol. The van der Waals surface area contributed by atoms with Gasteiger partial charge in [0.1, 0.15) is 0 Å². The zero-order valence-corrected chi connectivity index (χ0v) is 11.8. The van der Waals surface area contributed by atoms with Gasteiger partial charge in [-0.3, -0.25) is 0 Å². The number of hydrogen-bond donors (Lipinski definition) is 1. The number of likely N-dealkylation sites (tertiary alicyclic amines) is 1. The average molecular weight is 239 g/mol. The minimum Gasteiger partial charge on any atom is -0.317 e. The highest BCUT2D eigenvalue weighted by atomic mass is 15.2. The first-order valence-corrected chi connectivity index (χ1v) is 7.28. The minimum atomic E-state index is 0.775. The molecule has 2 rings (SSSR count). The minimum absolute atomic E-state index is 0.775. The number of hydrogen-bond acceptors (Lipinski definition) is 3. The van der Waals surface area contributed by atoms with Crippen LogP contribution in [0.4, 0.5) is 0 Å². The summed E-state index contributed by atoms with van der Waals surface area (Å²) in [6, 6.07) is 2.45. The molecule has 1 aliphatic heterocycles. The number of piperidine rings is 1. The molecular weight excluding hydrogens is 210 g/mol. The summed E-state index contributed by atoms with van der Waals surface area (Å²) in [7, 11) is 6.71. The topological polar surface area (TPSA) is 18.5 Å². The van der Waals surface area contributed by atoms with Crippen molar-refractivity contribution in [2.24, 2.45) is 0 Å². The molecular formula is C14H29N3. The summed E-state index contributed by atoms with van der Waals surface area (Å²) >= 11 is 0. The Kier molecular flexibility index (Phi) is 4.83. The van der Waals surface area contributed by atoms with E-state index in [-0.39, 0.29) is 0 Å². The highest BCUT2D eigenvalue weighted by Gasteiger charge is 2.28. The van der Waals surface area contributed by atoms with Crippen LogP contribution in [0.5, 0.6) is 0 Å². The summed E-state index contributed by atoms with van der Waals surface area (Å²) in [6.45, 7) is 2.56. The van der Waals surface area contributed by atoms with E-state index in [1.807, 2.05) is 0 Å². The molecule has 0 radical (unpaired) electrons. The van der Waals surface area contributed by atoms with Gasteiger partial charge in [0.25, 0.3) is 0 Å². The maximum Gasteiger partial charge on any atom is 0.0119 e. The lowest BCUT2D eigenvalue weighted by Gasteiger charge is -2.42. The van der Waals surface area contributed by atoms with E-state index in [0.717, 1.165) is 18.1 Å². The van der Waals surface area contributed by atoms with Crippen molar-refractivity contribution in [3.63, 3.8) is 0 Å². The number of rotatable bonds is 3. The normalized spacial score (nSPS) is 33.2. The molecule has 0 spiro atoms. The summed E-state index contributed by atoms with van der Waals surface area (Å²) in [5.74, 6) is 0. The predicted octanol–water partition coefficient (Wildman–Crippen LogP) is 1.54. The van der Waals surface area contributed by atoms with Crippen LogP contribution >= 0.6 is 0 Å². The summed E-state index contributed by atoms with van der Waals surface area (Å²) in [4.78, 5) is 5.15. The van der Waals surface area contributed by atoms with Crippen molar-refractivity contribution in [3.05, 3.63) is 0 Å². The van der Waals surface area contributed by atoms with Crippen molar-refractivity contribution in [1.29, 1.82) is 0 Å². The first-order valence-electron chi connectivity index (χ1n) is 7.28. The molecule has 1 saturated carbocycles. The molecule has 0 unspecified atom stereocenters. The van der Waals surface area contributed by atoms with Gasteiger partial charge in [-0.05, 0) is 72.8 Å². The molecule has 0 aromatic rings. The molecule has 0 aromatic heterocycles. The highest BCUT2D eigenvalue weighted by Crippen LogP contribution is 2.26. The molecule has 1 saturated heterocycles. The SMILES string of the molecule is CNC1CCC(N(C)C2CCN(C)CC2)CC1. The van der Waals surface area contributed by atoms with Crippen molar-refractivity contribution >= 4 is 0 Å². The second-order valence-electron chi connectivity index (χ2n) is 5.99. The second kappa shape index (κ2) is 6.17. The van der Waals surface area contributed by atoms with E-state index >= 15 is 0 Å². The second-order valence-corrected chi connectivity index (χ2v) is 5.99. The standard InChI is InChI=1S/C14H29N3/c1-15-12-4-6-13(7-5-12)17(3)14-8-10-16(2)11-9-14/h12-15H,4-11H2,1-3H3. The Hall–Kier alpha value is -0.120. The van der Waals surface area contributed by atoms with E-state index in [4.69, 9.17) is 0 Å². The first kappa shape index (κ1) is 13.3. The largest absolute Gasteiger partial charge is 0.317 e. The lowest BCUT2D eigenvalue weighted by atomic mass is 9.89. The molecule has 3 nitrogen and oxygen atoms in total. The number of nitrogens with zero attached hydrogens (tertiary/aromatic N) is 2. The van der Waals surface area contributed by atoms with Crippen LogP contribution in [0.3, 0.4) is 0 Å². The third kappa shape index (κ3) is 3.43. The van der Waals surface area contributed by atoms with Gasteiger partial charge in [0, 0.05) is 18.1 Å². The third-order valence-electron chi connectivity index (χ3n) is 4.94. The average Bonchev–Trinajstić information content (AvgIpc) is 2.39. The maximum absolute atomic E-state index is 3.42. The molecule has 2 fully saturated rings. The summed E-state index contributed by atoms with van der Waals surface area (Å²) in [5, 5.41) is 3.42. The van der Waals surface area contributed by atoms with Crippen LogP contribution in [0.2, 0.25) is 0 Å². The fraction of sp³-hybridized carbons (Fsp3) is 1.00. The zero-order valence-electron chi connectivity index (χ0n) is 11.8. The molecule has 100 valence electrons. The molecule has 0 bridgehead atoms. The quantitative estimate of drug-likeness (QED) is 0.806. The third-order valence-corrected chi connectivity index (χ3v) is 4.94. The van der Waals surface area contributed by atoms with Crippen molar-refractivity contribution in [3.8, 4) is 0 Å². The Morgan fingerprint density at radius 2 is 1.47 bits per heavy atom. The Morgan fingerprint density at radius 3 is 2.00 bits per heavy atom. The summed E-state index contributed by atoms with van der Waals surface area (Å²) < 4.78 is 0. The van der Waals surface area contributed by atoms with E-state index < -0.39 is 0 Å². The zero-order chi connectivity index (χ0) is 12.3. The molecule has 1 N–H and O–H groups in total. The fourth-order valence-corrected chi connectivity index (χ4v) is 3.47. The van der Waals surface area contributed by atoms with Gasteiger partial charge in [0.15, 0.2) is 0 Å². The van der Waals surface area contributed by atoms with Crippen LogP contribution < -0.4 is 5.32 Å². The summed E-state index contributed by atoms with van der Waals surface area (Å²) in [6.07, 6.45) is 8.21. The van der Waals surface area contributed by atoms with Crippen molar-refractivity contribution in [2.45, 2.75) is 56.7 Å². The van der Waals surface area contributed by atoms with Gasteiger partial charge < -0.3 is 15.1 Å². The lowest BCUT2D eigenvalue weighted by molar-refractivity contribution is 0.0834. The molecule has 17 heavy (non-hydrogen) atoms. The van der Waals surface area contributed by atoms with E-state index in [9.17, 15) is 0 Å². The maximum atomic E-state index is 3.42. The molecule has 2 aliphatic rings. The van der Waals surface area contributed by atoms with Gasteiger partial charge in [-0.1, -0.05) is 0 Å². The number of nitrogens with one attached hydrogen (secondary N) is 1. The van der Waals surface area contributed by atoms with Crippen molar-refractivity contribution < 1.29 is 0 Å². The smallest absolute Gasteiger partial charge is 0.0119 e. The van der Waals surface area contributed by atoms with Gasteiger partial charge in [-0.25, -0.2) is 0 Å². The Labute approximate surface area is 107 Å². The lowest BCUT2D eigenvalue weighted by Crippen LogP contribution is -2.48. The fourth-order valence-electron chi connectivity index (χ4n) is 3.47. The molecule has 0 atom stereocenters. The van der Waals surface area contributed by atoms with Gasteiger partial charge in [-0.2, -0.15) is 0 Å². The van der Waals surface area contributed by atoms with Crippen LogP contribution in [-0.4, -0.2) is 62.2 Å². The van der Waals surface area contributed by atoms with Gasteiger partial charge in [0.05, 0.1) is 0 Å². The Morgan fingerprint density at radius 1 is 0.941 bits per heavy atom. The van der Waals surface area contributed by atoms with E-state index in [1.54, 1.807) is 0 Å². The van der Waals surface area contributed by atoms with Crippen LogP contribution in [0.25, 0.3) is 0 Å². The highest BCUT2D eigenvalue weighted by molar-refractivity contribution is 4.86. The molecule has 3 heteroatoms. The van der Waals surface area contributed by atoms with Crippen LogP contribution in [0.15, 0.2) is 0 Å². The van der Waals surface area contributed by atoms with E-state index in [2.05, 4.69) is 36.3 Å². The van der Waals surface area contributed by atoms with Gasteiger partial charge >= 0.3 is 0 Å². The first-order chi connectivity index (χ1) is 8.20. The van der Waals surface area contributed by atoms with Crippen LogP contribution in [0.1, 0.15) is 38.5 Å². The Bertz CT molecular complexity index is 216. The molecule has 1 aliphatic carbocycles. The molecule has 1 heterocycles. The monoisotopic (exact) mass is 239 g/mol. The van der Waals surface area contributed by atoms with E-state index in [1.165, 1.54) is 51.6 Å². The van der Waals surface area contributed by atoms with Gasteiger partial charge in [-0.15, -0.1) is 0 Å².